The number of carbonyl (C=O) groups is 1. The smallest absolute Gasteiger partial charge is 0.328 e. The Hall–Kier alpha value is -3.00. The summed E-state index contributed by atoms with van der Waals surface area (Å²) in [5.74, 6) is 0.307. The lowest BCUT2D eigenvalue weighted by atomic mass is 10.0. The van der Waals surface area contributed by atoms with Gasteiger partial charge in [-0.1, -0.05) is 18.2 Å². The number of ether oxygens (including phenoxy) is 1. The zero-order chi connectivity index (χ0) is 18.8. The molecule has 27 heavy (non-hydrogen) atoms. The molecule has 3 aromatic rings. The SMILES string of the molecule is Cc1cc(Br)c2c(c1)/C(=N/NC(=O)c1nnc(-c3ccccc3)o1)CCO2. The van der Waals surface area contributed by atoms with Gasteiger partial charge in [0.2, 0.25) is 5.89 Å². The van der Waals surface area contributed by atoms with E-state index < -0.39 is 5.91 Å². The van der Waals surface area contributed by atoms with Gasteiger partial charge < -0.3 is 9.15 Å². The van der Waals surface area contributed by atoms with Gasteiger partial charge in [0.15, 0.2) is 0 Å². The fourth-order valence-corrected chi connectivity index (χ4v) is 3.46. The van der Waals surface area contributed by atoms with Gasteiger partial charge in [-0.3, -0.25) is 4.79 Å². The van der Waals surface area contributed by atoms with Crippen molar-refractivity contribution in [2.45, 2.75) is 13.3 Å². The van der Waals surface area contributed by atoms with E-state index in [4.69, 9.17) is 9.15 Å². The number of nitrogens with zero attached hydrogens (tertiary/aromatic N) is 3. The number of hydrogen-bond donors (Lipinski definition) is 1. The summed E-state index contributed by atoms with van der Waals surface area (Å²) >= 11 is 3.50. The van der Waals surface area contributed by atoms with Crippen molar-refractivity contribution in [2.24, 2.45) is 5.10 Å². The van der Waals surface area contributed by atoms with Crippen LogP contribution in [0, 0.1) is 6.92 Å². The van der Waals surface area contributed by atoms with Gasteiger partial charge in [-0.2, -0.15) is 5.10 Å². The Morgan fingerprint density at radius 2 is 2.04 bits per heavy atom. The van der Waals surface area contributed by atoms with E-state index in [2.05, 4.69) is 36.7 Å². The van der Waals surface area contributed by atoms with Crippen LogP contribution in [-0.2, 0) is 0 Å². The lowest BCUT2D eigenvalue weighted by molar-refractivity contribution is 0.0920. The molecule has 1 aromatic heterocycles. The number of amides is 1. The van der Waals surface area contributed by atoms with Crippen LogP contribution >= 0.6 is 15.9 Å². The van der Waals surface area contributed by atoms with E-state index in [-0.39, 0.29) is 11.8 Å². The molecule has 2 heterocycles. The summed E-state index contributed by atoms with van der Waals surface area (Å²) in [5, 5.41) is 12.0. The zero-order valence-electron chi connectivity index (χ0n) is 14.4. The van der Waals surface area contributed by atoms with Gasteiger partial charge >= 0.3 is 11.8 Å². The molecule has 0 radical (unpaired) electrons. The minimum absolute atomic E-state index is 0.143. The second-order valence-electron chi connectivity index (χ2n) is 6.00. The zero-order valence-corrected chi connectivity index (χ0v) is 16.0. The lowest BCUT2D eigenvalue weighted by Crippen LogP contribution is -2.24. The largest absolute Gasteiger partial charge is 0.491 e. The maximum absolute atomic E-state index is 12.3. The Bertz CT molecular complexity index is 1030. The van der Waals surface area contributed by atoms with Crippen LogP contribution in [0.25, 0.3) is 11.5 Å². The highest BCUT2D eigenvalue weighted by atomic mass is 79.9. The topological polar surface area (TPSA) is 89.6 Å². The minimum atomic E-state index is -0.558. The molecule has 136 valence electrons. The third-order valence-corrected chi connectivity index (χ3v) is 4.61. The maximum atomic E-state index is 12.3. The first-order chi connectivity index (χ1) is 13.1. The third kappa shape index (κ3) is 3.61. The Morgan fingerprint density at radius 3 is 2.85 bits per heavy atom. The van der Waals surface area contributed by atoms with Gasteiger partial charge in [0, 0.05) is 17.5 Å². The van der Waals surface area contributed by atoms with Crippen LogP contribution in [0.4, 0.5) is 0 Å². The van der Waals surface area contributed by atoms with Crippen molar-refractivity contribution in [1.29, 1.82) is 0 Å². The lowest BCUT2D eigenvalue weighted by Gasteiger charge is -2.20. The monoisotopic (exact) mass is 426 g/mol. The van der Waals surface area contributed by atoms with Gasteiger partial charge in [0.25, 0.3) is 0 Å². The number of aryl methyl sites for hydroxylation is 1. The molecule has 4 rings (SSSR count). The van der Waals surface area contributed by atoms with E-state index in [1.165, 1.54) is 0 Å². The van der Waals surface area contributed by atoms with Gasteiger partial charge in [-0.05, 0) is 52.7 Å². The van der Waals surface area contributed by atoms with Crippen LogP contribution in [-0.4, -0.2) is 28.4 Å². The van der Waals surface area contributed by atoms with E-state index in [1.54, 1.807) is 0 Å². The molecule has 2 aromatic carbocycles. The summed E-state index contributed by atoms with van der Waals surface area (Å²) < 4.78 is 12.0. The van der Waals surface area contributed by atoms with Crippen molar-refractivity contribution in [2.75, 3.05) is 6.61 Å². The van der Waals surface area contributed by atoms with Crippen LogP contribution < -0.4 is 10.2 Å². The molecule has 0 saturated carbocycles. The number of aromatic nitrogens is 2. The van der Waals surface area contributed by atoms with Crippen LogP contribution in [0.15, 0.2) is 56.5 Å². The van der Waals surface area contributed by atoms with E-state index in [0.29, 0.717) is 13.0 Å². The maximum Gasteiger partial charge on any atom is 0.328 e. The summed E-state index contributed by atoms with van der Waals surface area (Å²) in [4.78, 5) is 12.3. The molecule has 1 N–H and O–H groups in total. The molecule has 8 heteroatoms. The van der Waals surface area contributed by atoms with Crippen molar-refractivity contribution in [3.63, 3.8) is 0 Å². The molecular weight excluding hydrogens is 412 g/mol. The number of halogens is 1. The molecule has 0 bridgehead atoms. The highest BCUT2D eigenvalue weighted by molar-refractivity contribution is 9.10. The quantitative estimate of drug-likeness (QED) is 0.644. The fraction of sp³-hybridized carbons (Fsp3) is 0.158. The average molecular weight is 427 g/mol. The first-order valence-electron chi connectivity index (χ1n) is 8.31. The summed E-state index contributed by atoms with van der Waals surface area (Å²) in [5.41, 5.74) is 5.89. The number of rotatable bonds is 3. The number of carbonyl (C=O) groups excluding carboxylic acids is 1. The van der Waals surface area contributed by atoms with E-state index in [9.17, 15) is 4.79 Å². The van der Waals surface area contributed by atoms with Gasteiger partial charge in [-0.25, -0.2) is 5.43 Å². The summed E-state index contributed by atoms with van der Waals surface area (Å²) in [7, 11) is 0. The molecular formula is C19H15BrN4O3. The number of hydrogen-bond acceptors (Lipinski definition) is 6. The van der Waals surface area contributed by atoms with Crippen molar-refractivity contribution in [3.05, 3.63) is 64.0 Å². The molecule has 0 fully saturated rings. The molecule has 0 atom stereocenters. The Balaban J connectivity index is 1.55. The highest BCUT2D eigenvalue weighted by Gasteiger charge is 2.21. The highest BCUT2D eigenvalue weighted by Crippen LogP contribution is 2.34. The molecule has 0 unspecified atom stereocenters. The van der Waals surface area contributed by atoms with Crippen molar-refractivity contribution in [1.82, 2.24) is 15.6 Å². The number of benzene rings is 2. The van der Waals surface area contributed by atoms with Gasteiger partial charge in [-0.15, -0.1) is 10.2 Å². The van der Waals surface area contributed by atoms with Gasteiger partial charge in [0.05, 0.1) is 16.8 Å². The van der Waals surface area contributed by atoms with Crippen LogP contribution in [0.2, 0.25) is 0 Å². The molecule has 0 spiro atoms. The van der Waals surface area contributed by atoms with Crippen molar-refractivity contribution < 1.29 is 13.9 Å². The normalized spacial score (nSPS) is 14.5. The number of fused-ring (bicyclic) bond motifs is 1. The van der Waals surface area contributed by atoms with E-state index in [1.807, 2.05) is 49.4 Å². The minimum Gasteiger partial charge on any atom is -0.491 e. The standard InChI is InChI=1S/C19H15BrN4O3/c1-11-9-13-15(7-8-26-16(13)14(20)10-11)21-22-17(25)19-24-23-18(27-19)12-5-3-2-4-6-12/h2-6,9-10H,7-8H2,1H3,(H,22,25)/b21-15+. The second-order valence-corrected chi connectivity index (χ2v) is 6.85. The number of nitrogens with one attached hydrogen (secondary N) is 1. The first-order valence-corrected chi connectivity index (χ1v) is 9.10. The molecule has 0 saturated heterocycles. The molecule has 1 amide bonds. The van der Waals surface area contributed by atoms with Crippen LogP contribution in [0.5, 0.6) is 5.75 Å². The Kier molecular flexibility index (Phi) is 4.72. The van der Waals surface area contributed by atoms with Crippen LogP contribution in [0.3, 0.4) is 0 Å². The van der Waals surface area contributed by atoms with Crippen molar-refractivity contribution >= 4 is 27.5 Å². The molecule has 1 aliphatic heterocycles. The molecule has 0 aliphatic carbocycles. The first kappa shape index (κ1) is 17.4. The second kappa shape index (κ2) is 7.32. The van der Waals surface area contributed by atoms with Crippen molar-refractivity contribution in [3.8, 4) is 17.2 Å². The summed E-state index contributed by atoms with van der Waals surface area (Å²) in [6.07, 6.45) is 0.586. The Morgan fingerprint density at radius 1 is 1.22 bits per heavy atom. The van der Waals surface area contributed by atoms with Crippen LogP contribution in [0.1, 0.15) is 28.2 Å². The van der Waals surface area contributed by atoms with E-state index >= 15 is 0 Å². The molecule has 1 aliphatic rings. The fourth-order valence-electron chi connectivity index (χ4n) is 2.77. The average Bonchev–Trinajstić information content (AvgIpc) is 3.17. The Labute approximate surface area is 163 Å². The molecule has 7 nitrogen and oxygen atoms in total. The van der Waals surface area contributed by atoms with Gasteiger partial charge in [0.1, 0.15) is 5.75 Å². The van der Waals surface area contributed by atoms with E-state index in [0.717, 1.165) is 32.6 Å². The summed E-state index contributed by atoms with van der Waals surface area (Å²) in [6, 6.07) is 13.2. The third-order valence-electron chi connectivity index (χ3n) is 4.02. The number of hydrazone groups is 1. The predicted octanol–water partition coefficient (Wildman–Crippen LogP) is 3.72. The predicted molar refractivity (Wildman–Crippen MR) is 103 cm³/mol. The summed E-state index contributed by atoms with van der Waals surface area (Å²) in [6.45, 7) is 2.47.